The summed E-state index contributed by atoms with van der Waals surface area (Å²) in [5.41, 5.74) is 1.52. The van der Waals surface area contributed by atoms with Crippen molar-refractivity contribution in [2.75, 3.05) is 11.5 Å². The van der Waals surface area contributed by atoms with E-state index in [9.17, 15) is 12.8 Å². The topological polar surface area (TPSA) is 43.4 Å². The SMILES string of the molecule is O=S(=O)(Cc1cccc(F)c1)Oc1ccc(C2SCCS2)cc1. The maximum Gasteiger partial charge on any atom is 0.313 e. The highest BCUT2D eigenvalue weighted by Crippen LogP contribution is 2.45. The average Bonchev–Trinajstić information content (AvgIpc) is 3.01. The van der Waals surface area contributed by atoms with Crippen LogP contribution in [0, 0.1) is 5.82 Å². The summed E-state index contributed by atoms with van der Waals surface area (Å²) < 4.78 is 42.8. The summed E-state index contributed by atoms with van der Waals surface area (Å²) in [5.74, 6) is 1.72. The Morgan fingerprint density at radius 3 is 2.43 bits per heavy atom. The van der Waals surface area contributed by atoms with E-state index in [2.05, 4.69) is 0 Å². The van der Waals surface area contributed by atoms with Gasteiger partial charge in [-0.05, 0) is 35.4 Å². The van der Waals surface area contributed by atoms with E-state index >= 15 is 0 Å². The smallest absolute Gasteiger partial charge is 0.313 e. The molecule has 0 bridgehead atoms. The number of rotatable bonds is 5. The fourth-order valence-electron chi connectivity index (χ4n) is 2.24. The summed E-state index contributed by atoms with van der Waals surface area (Å²) in [6.07, 6.45) is 0. The van der Waals surface area contributed by atoms with E-state index in [1.165, 1.54) is 18.2 Å². The van der Waals surface area contributed by atoms with Crippen molar-refractivity contribution in [1.29, 1.82) is 0 Å². The Hall–Kier alpha value is -1.18. The molecule has 1 heterocycles. The maximum absolute atomic E-state index is 13.1. The maximum atomic E-state index is 13.1. The summed E-state index contributed by atoms with van der Waals surface area (Å²) in [4.78, 5) is 0. The van der Waals surface area contributed by atoms with Gasteiger partial charge in [0.15, 0.2) is 0 Å². The molecule has 2 aromatic rings. The van der Waals surface area contributed by atoms with Crippen LogP contribution in [0.25, 0.3) is 0 Å². The third-order valence-corrected chi connectivity index (χ3v) is 7.47. The van der Waals surface area contributed by atoms with Crippen LogP contribution in [0.3, 0.4) is 0 Å². The predicted octanol–water partition coefficient (Wildman–Crippen LogP) is 4.21. The van der Waals surface area contributed by atoms with Gasteiger partial charge in [-0.15, -0.1) is 23.5 Å². The van der Waals surface area contributed by atoms with Crippen molar-refractivity contribution in [3.05, 3.63) is 65.5 Å². The second kappa shape index (κ2) is 7.15. The van der Waals surface area contributed by atoms with E-state index in [0.717, 1.165) is 17.1 Å². The van der Waals surface area contributed by atoms with Crippen LogP contribution >= 0.6 is 23.5 Å². The summed E-state index contributed by atoms with van der Waals surface area (Å²) in [6, 6.07) is 12.6. The van der Waals surface area contributed by atoms with Gasteiger partial charge in [0.2, 0.25) is 0 Å². The van der Waals surface area contributed by atoms with Crippen molar-refractivity contribution in [3.63, 3.8) is 0 Å². The van der Waals surface area contributed by atoms with Gasteiger partial charge in [-0.25, -0.2) is 4.39 Å². The van der Waals surface area contributed by atoms with E-state index < -0.39 is 15.9 Å². The molecule has 0 N–H and O–H groups in total. The van der Waals surface area contributed by atoms with Crippen LogP contribution in [0.1, 0.15) is 15.7 Å². The van der Waals surface area contributed by atoms with E-state index in [1.54, 1.807) is 18.2 Å². The summed E-state index contributed by atoms with van der Waals surface area (Å²) in [7, 11) is -3.81. The van der Waals surface area contributed by atoms with Gasteiger partial charge in [-0.3, -0.25) is 0 Å². The lowest BCUT2D eigenvalue weighted by molar-refractivity contribution is 0.485. The van der Waals surface area contributed by atoms with Gasteiger partial charge in [-0.1, -0.05) is 24.3 Å². The zero-order chi connectivity index (χ0) is 16.3. The van der Waals surface area contributed by atoms with Crippen LogP contribution in [-0.4, -0.2) is 19.9 Å². The standard InChI is InChI=1S/C16H15FO3S3/c17-14-3-1-2-12(10-14)11-23(18,19)20-15-6-4-13(5-7-15)16-21-8-9-22-16/h1-7,10,16H,8-9,11H2. The molecular weight excluding hydrogens is 355 g/mol. The lowest BCUT2D eigenvalue weighted by atomic mass is 10.2. The van der Waals surface area contributed by atoms with E-state index in [0.29, 0.717) is 10.1 Å². The average molecular weight is 370 g/mol. The van der Waals surface area contributed by atoms with Crippen molar-refractivity contribution in [3.8, 4) is 5.75 Å². The highest BCUT2D eigenvalue weighted by atomic mass is 32.2. The normalized spacial score (nSPS) is 15.7. The molecular formula is C16H15FO3S3. The second-order valence-electron chi connectivity index (χ2n) is 5.06. The number of benzene rings is 2. The zero-order valence-electron chi connectivity index (χ0n) is 12.1. The molecule has 2 aromatic carbocycles. The largest absolute Gasteiger partial charge is 0.382 e. The van der Waals surface area contributed by atoms with Crippen molar-refractivity contribution in [1.82, 2.24) is 0 Å². The first-order valence-electron chi connectivity index (χ1n) is 7.02. The molecule has 23 heavy (non-hydrogen) atoms. The third kappa shape index (κ3) is 4.65. The van der Waals surface area contributed by atoms with Gasteiger partial charge in [0.25, 0.3) is 0 Å². The van der Waals surface area contributed by atoms with Gasteiger partial charge < -0.3 is 4.18 Å². The minimum atomic E-state index is -3.81. The first kappa shape index (κ1) is 16.7. The van der Waals surface area contributed by atoms with Gasteiger partial charge in [0, 0.05) is 11.5 Å². The molecule has 1 aliphatic heterocycles. The Balaban J connectivity index is 1.67. The van der Waals surface area contributed by atoms with E-state index in [-0.39, 0.29) is 11.5 Å². The van der Waals surface area contributed by atoms with Crippen LogP contribution in [0.5, 0.6) is 5.75 Å². The Morgan fingerprint density at radius 2 is 1.78 bits per heavy atom. The Morgan fingerprint density at radius 1 is 1.09 bits per heavy atom. The van der Waals surface area contributed by atoms with Crippen LogP contribution < -0.4 is 4.18 Å². The Labute approximate surface area is 143 Å². The molecule has 0 radical (unpaired) electrons. The highest BCUT2D eigenvalue weighted by molar-refractivity contribution is 8.19. The molecule has 3 rings (SSSR count). The Kier molecular flexibility index (Phi) is 5.18. The highest BCUT2D eigenvalue weighted by Gasteiger charge is 2.19. The Bertz CT molecular complexity index is 769. The molecule has 0 unspecified atom stereocenters. The van der Waals surface area contributed by atoms with Gasteiger partial charge >= 0.3 is 10.1 Å². The first-order valence-corrected chi connectivity index (χ1v) is 10.7. The van der Waals surface area contributed by atoms with Gasteiger partial charge in [0.05, 0.1) is 4.58 Å². The van der Waals surface area contributed by atoms with Gasteiger partial charge in [0.1, 0.15) is 17.3 Å². The quantitative estimate of drug-likeness (QED) is 0.738. The molecule has 7 heteroatoms. The summed E-state index contributed by atoms with van der Waals surface area (Å²) in [5, 5.41) is 0. The third-order valence-electron chi connectivity index (χ3n) is 3.23. The number of hydrogen-bond acceptors (Lipinski definition) is 5. The van der Waals surface area contributed by atoms with Crippen molar-refractivity contribution in [2.24, 2.45) is 0 Å². The molecule has 0 aromatic heterocycles. The molecule has 0 atom stereocenters. The monoisotopic (exact) mass is 370 g/mol. The fraction of sp³-hybridized carbons (Fsp3) is 0.250. The minimum absolute atomic E-state index is 0.276. The van der Waals surface area contributed by atoms with Crippen molar-refractivity contribution >= 4 is 33.6 Å². The second-order valence-corrected chi connectivity index (χ2v) is 9.35. The number of thioether (sulfide) groups is 2. The lowest BCUT2D eigenvalue weighted by Gasteiger charge is -2.10. The number of hydrogen-bond donors (Lipinski definition) is 0. The van der Waals surface area contributed by atoms with Crippen LogP contribution in [0.4, 0.5) is 4.39 Å². The fourth-order valence-corrected chi connectivity index (χ4v) is 6.15. The number of halogens is 1. The summed E-state index contributed by atoms with van der Waals surface area (Å²) >= 11 is 3.77. The van der Waals surface area contributed by atoms with E-state index in [4.69, 9.17) is 4.18 Å². The molecule has 0 amide bonds. The molecule has 0 spiro atoms. The molecule has 1 fully saturated rings. The van der Waals surface area contributed by atoms with Crippen molar-refractivity contribution in [2.45, 2.75) is 10.3 Å². The minimum Gasteiger partial charge on any atom is -0.382 e. The summed E-state index contributed by atoms with van der Waals surface area (Å²) in [6.45, 7) is 0. The lowest BCUT2D eigenvalue weighted by Crippen LogP contribution is -2.12. The molecule has 0 saturated carbocycles. The van der Waals surface area contributed by atoms with E-state index in [1.807, 2.05) is 35.7 Å². The molecule has 122 valence electrons. The van der Waals surface area contributed by atoms with Gasteiger partial charge in [-0.2, -0.15) is 8.42 Å². The first-order chi connectivity index (χ1) is 11.0. The van der Waals surface area contributed by atoms with Crippen LogP contribution in [-0.2, 0) is 15.9 Å². The molecule has 1 aliphatic rings. The zero-order valence-corrected chi connectivity index (χ0v) is 14.6. The van der Waals surface area contributed by atoms with Crippen LogP contribution in [0.2, 0.25) is 0 Å². The van der Waals surface area contributed by atoms with Crippen molar-refractivity contribution < 1.29 is 17.0 Å². The van der Waals surface area contributed by atoms with Crippen LogP contribution in [0.15, 0.2) is 48.5 Å². The molecule has 3 nitrogen and oxygen atoms in total. The predicted molar refractivity (Wildman–Crippen MR) is 93.8 cm³/mol. The molecule has 0 aliphatic carbocycles. The molecule has 1 saturated heterocycles.